The van der Waals surface area contributed by atoms with Gasteiger partial charge in [-0.1, -0.05) is 24.3 Å². The molecule has 0 radical (unpaired) electrons. The first-order valence-electron chi connectivity index (χ1n) is 7.41. The molecule has 1 amide bonds. The van der Waals surface area contributed by atoms with E-state index in [2.05, 4.69) is 20.5 Å². The Bertz CT molecular complexity index is 844. The van der Waals surface area contributed by atoms with E-state index < -0.39 is 0 Å². The molecule has 0 aliphatic rings. The maximum absolute atomic E-state index is 12.3. The molecule has 0 saturated carbocycles. The summed E-state index contributed by atoms with van der Waals surface area (Å²) in [5.74, 6) is 0.392. The molecule has 24 heavy (non-hydrogen) atoms. The Morgan fingerprint density at radius 1 is 1.33 bits per heavy atom. The third-order valence-electron chi connectivity index (χ3n) is 3.14. The van der Waals surface area contributed by atoms with Gasteiger partial charge in [-0.2, -0.15) is 0 Å². The quantitative estimate of drug-likeness (QED) is 0.725. The zero-order chi connectivity index (χ0) is 16.9. The molecule has 0 unspecified atom stereocenters. The molecule has 0 saturated heterocycles. The Morgan fingerprint density at radius 2 is 2.21 bits per heavy atom. The van der Waals surface area contributed by atoms with E-state index >= 15 is 0 Å². The summed E-state index contributed by atoms with van der Waals surface area (Å²) in [5, 5.41) is 15.1. The van der Waals surface area contributed by atoms with Gasteiger partial charge in [0.1, 0.15) is 17.4 Å². The van der Waals surface area contributed by atoms with Crippen molar-refractivity contribution in [2.24, 2.45) is 0 Å². The van der Waals surface area contributed by atoms with E-state index in [1.165, 1.54) is 11.3 Å². The summed E-state index contributed by atoms with van der Waals surface area (Å²) in [6.45, 7) is 4.33. The van der Waals surface area contributed by atoms with E-state index in [1.54, 1.807) is 29.5 Å². The Morgan fingerprint density at radius 3 is 2.92 bits per heavy atom. The van der Waals surface area contributed by atoms with Crippen LogP contribution in [-0.2, 0) is 13.0 Å². The fourth-order valence-electron chi connectivity index (χ4n) is 1.98. The number of anilines is 1. The highest BCUT2D eigenvalue weighted by Gasteiger charge is 2.11. The van der Waals surface area contributed by atoms with Gasteiger partial charge in [0.2, 0.25) is 5.13 Å². The minimum Gasteiger partial charge on any atom is -0.487 e. The van der Waals surface area contributed by atoms with Crippen LogP contribution < -0.4 is 10.1 Å². The number of hydrogen-bond donors (Lipinski definition) is 1. The second-order valence-electron chi connectivity index (χ2n) is 4.98. The number of amides is 1. The Labute approximate surface area is 147 Å². The molecule has 3 rings (SSSR count). The molecule has 0 atom stereocenters. The average Bonchev–Trinajstić information content (AvgIpc) is 3.22. The van der Waals surface area contributed by atoms with E-state index in [1.807, 2.05) is 25.3 Å². The van der Waals surface area contributed by atoms with Gasteiger partial charge in [0, 0.05) is 10.9 Å². The highest BCUT2D eigenvalue weighted by Crippen LogP contribution is 2.19. The molecule has 2 aromatic heterocycles. The second-order valence-corrected chi connectivity index (χ2v) is 7.11. The van der Waals surface area contributed by atoms with Gasteiger partial charge in [-0.25, -0.2) is 4.98 Å². The third-order valence-corrected chi connectivity index (χ3v) is 4.94. The SMILES string of the molecule is CCc1nnc(NC(=O)c2cccc(OCc3csc(C)n3)c2)s1. The topological polar surface area (TPSA) is 77.0 Å². The number of carbonyl (C=O) groups is 1. The lowest BCUT2D eigenvalue weighted by molar-refractivity contribution is 0.102. The van der Waals surface area contributed by atoms with Crippen molar-refractivity contribution in [1.82, 2.24) is 15.2 Å². The van der Waals surface area contributed by atoms with Crippen LogP contribution in [0.2, 0.25) is 0 Å². The van der Waals surface area contributed by atoms with E-state index in [0.29, 0.717) is 23.1 Å². The van der Waals surface area contributed by atoms with Gasteiger partial charge >= 0.3 is 0 Å². The molecule has 3 aromatic rings. The molecule has 0 fully saturated rings. The maximum Gasteiger partial charge on any atom is 0.257 e. The number of ether oxygens (including phenoxy) is 1. The van der Waals surface area contributed by atoms with Crippen LogP contribution in [0.15, 0.2) is 29.6 Å². The smallest absolute Gasteiger partial charge is 0.257 e. The van der Waals surface area contributed by atoms with Gasteiger partial charge in [0.15, 0.2) is 0 Å². The number of hydrogen-bond acceptors (Lipinski definition) is 7. The van der Waals surface area contributed by atoms with Gasteiger partial charge in [-0.05, 0) is 31.5 Å². The van der Waals surface area contributed by atoms with Crippen molar-refractivity contribution < 1.29 is 9.53 Å². The van der Waals surface area contributed by atoms with Gasteiger partial charge in [0.05, 0.1) is 10.7 Å². The summed E-state index contributed by atoms with van der Waals surface area (Å²) in [6.07, 6.45) is 0.799. The zero-order valence-corrected chi connectivity index (χ0v) is 14.9. The lowest BCUT2D eigenvalue weighted by Gasteiger charge is -2.06. The summed E-state index contributed by atoms with van der Waals surface area (Å²) in [7, 11) is 0. The molecular weight excluding hydrogens is 344 g/mol. The molecule has 0 aliphatic carbocycles. The fraction of sp³-hybridized carbons (Fsp3) is 0.250. The van der Waals surface area contributed by atoms with Gasteiger partial charge in [0.25, 0.3) is 5.91 Å². The second kappa shape index (κ2) is 7.50. The van der Waals surface area contributed by atoms with Crippen molar-refractivity contribution in [1.29, 1.82) is 0 Å². The van der Waals surface area contributed by atoms with Crippen LogP contribution in [-0.4, -0.2) is 21.1 Å². The standard InChI is InChI=1S/C16H16N4O2S2/c1-3-14-19-20-16(24-14)18-15(21)11-5-4-6-13(7-11)22-8-12-9-23-10(2)17-12/h4-7,9H,3,8H2,1-2H3,(H,18,20,21). The number of thiazole rings is 1. The summed E-state index contributed by atoms with van der Waals surface area (Å²) in [6, 6.07) is 7.04. The lowest BCUT2D eigenvalue weighted by Crippen LogP contribution is -2.11. The van der Waals surface area contributed by atoms with Crippen LogP contribution in [0.5, 0.6) is 5.75 Å². The first kappa shape index (κ1) is 16.5. The van der Waals surface area contributed by atoms with Crippen LogP contribution in [0, 0.1) is 6.92 Å². The summed E-state index contributed by atoms with van der Waals surface area (Å²) in [5.41, 5.74) is 1.39. The number of carbonyl (C=O) groups excluding carboxylic acids is 1. The Kier molecular flexibility index (Phi) is 5.17. The van der Waals surface area contributed by atoms with Crippen molar-refractivity contribution in [3.8, 4) is 5.75 Å². The van der Waals surface area contributed by atoms with Crippen LogP contribution in [0.25, 0.3) is 0 Å². The highest BCUT2D eigenvalue weighted by atomic mass is 32.1. The first-order valence-corrected chi connectivity index (χ1v) is 9.11. The lowest BCUT2D eigenvalue weighted by atomic mass is 10.2. The number of aryl methyl sites for hydroxylation is 2. The van der Waals surface area contributed by atoms with Gasteiger partial charge in [-0.15, -0.1) is 21.5 Å². The normalized spacial score (nSPS) is 10.6. The molecule has 1 N–H and O–H groups in total. The van der Waals surface area contributed by atoms with E-state index in [9.17, 15) is 4.79 Å². The maximum atomic E-state index is 12.3. The fourth-order valence-corrected chi connectivity index (χ4v) is 3.25. The third kappa shape index (κ3) is 4.15. The minimum atomic E-state index is -0.233. The predicted octanol–water partition coefficient (Wildman–Crippen LogP) is 3.70. The van der Waals surface area contributed by atoms with Crippen molar-refractivity contribution in [2.75, 3.05) is 5.32 Å². The monoisotopic (exact) mass is 360 g/mol. The van der Waals surface area contributed by atoms with E-state index in [0.717, 1.165) is 22.1 Å². The van der Waals surface area contributed by atoms with E-state index in [-0.39, 0.29) is 5.91 Å². The Balaban J connectivity index is 1.64. The number of benzene rings is 1. The van der Waals surface area contributed by atoms with Crippen LogP contribution in [0.1, 0.15) is 33.0 Å². The highest BCUT2D eigenvalue weighted by molar-refractivity contribution is 7.15. The summed E-state index contributed by atoms with van der Waals surface area (Å²) < 4.78 is 5.71. The van der Waals surface area contributed by atoms with Gasteiger partial charge in [-0.3, -0.25) is 10.1 Å². The molecule has 124 valence electrons. The number of nitrogens with zero attached hydrogens (tertiary/aromatic N) is 3. The molecule has 0 bridgehead atoms. The molecule has 0 aliphatic heterocycles. The number of nitrogens with one attached hydrogen (secondary N) is 1. The zero-order valence-electron chi connectivity index (χ0n) is 13.3. The van der Waals surface area contributed by atoms with E-state index in [4.69, 9.17) is 4.74 Å². The number of aromatic nitrogens is 3. The molecule has 1 aromatic carbocycles. The molecular formula is C16H16N4O2S2. The first-order chi connectivity index (χ1) is 11.6. The summed E-state index contributed by atoms with van der Waals surface area (Å²) >= 11 is 2.96. The largest absolute Gasteiger partial charge is 0.487 e. The van der Waals surface area contributed by atoms with Crippen LogP contribution in [0.4, 0.5) is 5.13 Å². The van der Waals surface area contributed by atoms with Crippen molar-refractivity contribution in [3.63, 3.8) is 0 Å². The molecule has 6 nitrogen and oxygen atoms in total. The van der Waals surface area contributed by atoms with Crippen LogP contribution >= 0.6 is 22.7 Å². The molecule has 8 heteroatoms. The Hall–Kier alpha value is -2.32. The van der Waals surface area contributed by atoms with Crippen molar-refractivity contribution in [2.45, 2.75) is 26.9 Å². The molecule has 2 heterocycles. The molecule has 0 spiro atoms. The number of rotatable bonds is 6. The van der Waals surface area contributed by atoms with Gasteiger partial charge < -0.3 is 4.74 Å². The predicted molar refractivity (Wildman–Crippen MR) is 94.9 cm³/mol. The van der Waals surface area contributed by atoms with Crippen LogP contribution in [0.3, 0.4) is 0 Å². The minimum absolute atomic E-state index is 0.233. The van der Waals surface area contributed by atoms with Crippen molar-refractivity contribution in [3.05, 3.63) is 50.9 Å². The summed E-state index contributed by atoms with van der Waals surface area (Å²) in [4.78, 5) is 16.7. The van der Waals surface area contributed by atoms with Crippen molar-refractivity contribution >= 4 is 33.7 Å². The average molecular weight is 360 g/mol.